The predicted octanol–water partition coefficient (Wildman–Crippen LogP) is 0.428. The summed E-state index contributed by atoms with van der Waals surface area (Å²) in [5.74, 6) is 0.430. The summed E-state index contributed by atoms with van der Waals surface area (Å²) >= 11 is 1.27. The molecule has 1 fully saturated rings. The molecule has 0 radical (unpaired) electrons. The SMILES string of the molecule is CCc1nnc(NS(=O)(=O)N2CCC(CN)CC2)s1. The fourth-order valence-electron chi connectivity index (χ4n) is 2.00. The van der Waals surface area contributed by atoms with Gasteiger partial charge >= 0.3 is 10.2 Å². The van der Waals surface area contributed by atoms with Crippen LogP contribution in [0.25, 0.3) is 0 Å². The third kappa shape index (κ3) is 3.62. The summed E-state index contributed by atoms with van der Waals surface area (Å²) in [5.41, 5.74) is 5.60. The molecule has 0 saturated carbocycles. The molecule has 19 heavy (non-hydrogen) atoms. The summed E-state index contributed by atoms with van der Waals surface area (Å²) in [6.07, 6.45) is 2.38. The lowest BCUT2D eigenvalue weighted by Crippen LogP contribution is -2.42. The second-order valence-corrected chi connectivity index (χ2v) is 7.27. The first kappa shape index (κ1) is 14.6. The van der Waals surface area contributed by atoms with E-state index in [0.29, 0.717) is 30.7 Å². The number of piperidine rings is 1. The number of nitrogens with two attached hydrogens (primary N) is 1. The van der Waals surface area contributed by atoms with Gasteiger partial charge in [-0.3, -0.25) is 0 Å². The van der Waals surface area contributed by atoms with Crippen LogP contribution in [0, 0.1) is 5.92 Å². The quantitative estimate of drug-likeness (QED) is 0.821. The molecule has 0 aromatic carbocycles. The van der Waals surface area contributed by atoms with Gasteiger partial charge in [-0.15, -0.1) is 10.2 Å². The summed E-state index contributed by atoms with van der Waals surface area (Å²) in [7, 11) is -3.51. The van der Waals surface area contributed by atoms with Gasteiger partial charge in [-0.25, -0.2) is 4.72 Å². The van der Waals surface area contributed by atoms with Gasteiger partial charge in [-0.05, 0) is 31.7 Å². The number of aromatic nitrogens is 2. The van der Waals surface area contributed by atoms with Crippen LogP contribution in [0.15, 0.2) is 0 Å². The molecule has 108 valence electrons. The van der Waals surface area contributed by atoms with Gasteiger partial charge in [0.25, 0.3) is 0 Å². The van der Waals surface area contributed by atoms with E-state index in [1.807, 2.05) is 6.92 Å². The molecule has 3 N–H and O–H groups in total. The van der Waals surface area contributed by atoms with Crippen molar-refractivity contribution in [3.8, 4) is 0 Å². The first-order valence-electron chi connectivity index (χ1n) is 6.35. The highest BCUT2D eigenvalue weighted by Crippen LogP contribution is 2.22. The number of rotatable bonds is 5. The predicted molar refractivity (Wildman–Crippen MR) is 75.2 cm³/mol. The Morgan fingerprint density at radius 1 is 1.42 bits per heavy atom. The van der Waals surface area contributed by atoms with E-state index >= 15 is 0 Å². The second-order valence-electron chi connectivity index (χ2n) is 4.54. The summed E-state index contributed by atoms with van der Waals surface area (Å²) < 4.78 is 28.3. The molecule has 1 aromatic heterocycles. The Bertz CT molecular complexity index is 508. The van der Waals surface area contributed by atoms with Crippen molar-refractivity contribution >= 4 is 26.7 Å². The van der Waals surface area contributed by atoms with Crippen LogP contribution in [0.1, 0.15) is 24.8 Å². The maximum Gasteiger partial charge on any atom is 0.303 e. The molecule has 0 bridgehead atoms. The Kier molecular flexibility index (Phi) is 4.71. The third-order valence-corrected chi connectivity index (χ3v) is 5.84. The Balaban J connectivity index is 1.98. The average molecular weight is 305 g/mol. The molecule has 1 saturated heterocycles. The maximum atomic E-state index is 12.2. The summed E-state index contributed by atoms with van der Waals surface area (Å²) in [6, 6.07) is 0. The minimum atomic E-state index is -3.51. The highest BCUT2D eigenvalue weighted by molar-refractivity contribution is 7.90. The van der Waals surface area contributed by atoms with E-state index in [-0.39, 0.29) is 0 Å². The monoisotopic (exact) mass is 305 g/mol. The van der Waals surface area contributed by atoms with Crippen molar-refractivity contribution in [2.24, 2.45) is 11.7 Å². The van der Waals surface area contributed by atoms with Gasteiger partial charge in [0, 0.05) is 13.1 Å². The zero-order valence-electron chi connectivity index (χ0n) is 10.9. The van der Waals surface area contributed by atoms with E-state index in [1.54, 1.807) is 0 Å². The van der Waals surface area contributed by atoms with Crippen LogP contribution >= 0.6 is 11.3 Å². The molecule has 0 spiro atoms. The Morgan fingerprint density at radius 3 is 2.63 bits per heavy atom. The second kappa shape index (κ2) is 6.12. The molecular formula is C10H19N5O2S2. The van der Waals surface area contributed by atoms with Crippen LogP contribution in [0.2, 0.25) is 0 Å². The van der Waals surface area contributed by atoms with Crippen LogP contribution < -0.4 is 10.5 Å². The Hall–Kier alpha value is -0.770. The number of hydrogen-bond acceptors (Lipinski definition) is 6. The highest BCUT2D eigenvalue weighted by atomic mass is 32.2. The Morgan fingerprint density at radius 2 is 2.11 bits per heavy atom. The van der Waals surface area contributed by atoms with Crippen LogP contribution in [0.3, 0.4) is 0 Å². The molecule has 0 unspecified atom stereocenters. The molecule has 2 rings (SSSR count). The zero-order chi connectivity index (χ0) is 13.9. The van der Waals surface area contributed by atoms with E-state index in [2.05, 4.69) is 14.9 Å². The normalized spacial score (nSPS) is 18.6. The standard InChI is InChI=1S/C10H19N5O2S2/c1-2-9-12-13-10(18-9)14-19(16,17)15-5-3-8(7-11)4-6-15/h8H,2-7,11H2,1H3,(H,13,14). The fourth-order valence-corrected chi connectivity index (χ4v) is 4.09. The number of aryl methyl sites for hydroxylation is 1. The van der Waals surface area contributed by atoms with E-state index in [4.69, 9.17) is 5.73 Å². The smallest absolute Gasteiger partial charge is 0.303 e. The van der Waals surface area contributed by atoms with Crippen molar-refractivity contribution in [2.75, 3.05) is 24.4 Å². The minimum Gasteiger partial charge on any atom is -0.330 e. The largest absolute Gasteiger partial charge is 0.330 e. The van der Waals surface area contributed by atoms with E-state index in [9.17, 15) is 8.42 Å². The van der Waals surface area contributed by atoms with Crippen molar-refractivity contribution in [1.82, 2.24) is 14.5 Å². The summed E-state index contributed by atoms with van der Waals surface area (Å²) in [5, 5.41) is 8.88. The topological polar surface area (TPSA) is 101 Å². The molecule has 0 aliphatic carbocycles. The van der Waals surface area contributed by atoms with Crippen molar-refractivity contribution in [3.05, 3.63) is 5.01 Å². The molecule has 0 amide bonds. The van der Waals surface area contributed by atoms with Crippen LogP contribution in [0.5, 0.6) is 0 Å². The zero-order valence-corrected chi connectivity index (χ0v) is 12.5. The van der Waals surface area contributed by atoms with Gasteiger partial charge in [0.15, 0.2) is 0 Å². The Labute approximate surface area is 117 Å². The van der Waals surface area contributed by atoms with Gasteiger partial charge in [-0.1, -0.05) is 18.3 Å². The van der Waals surface area contributed by atoms with Crippen molar-refractivity contribution in [3.63, 3.8) is 0 Å². The van der Waals surface area contributed by atoms with Gasteiger partial charge in [0.1, 0.15) is 5.01 Å². The molecule has 9 heteroatoms. The number of nitrogens with zero attached hydrogens (tertiary/aromatic N) is 3. The molecule has 1 aromatic rings. The van der Waals surface area contributed by atoms with Crippen LogP contribution in [-0.2, 0) is 16.6 Å². The van der Waals surface area contributed by atoms with Crippen molar-refractivity contribution < 1.29 is 8.42 Å². The number of hydrogen-bond donors (Lipinski definition) is 2. The maximum absolute atomic E-state index is 12.2. The lowest BCUT2D eigenvalue weighted by molar-refractivity contribution is 0.280. The molecule has 1 aliphatic rings. The first-order valence-corrected chi connectivity index (χ1v) is 8.61. The fraction of sp³-hybridized carbons (Fsp3) is 0.800. The van der Waals surface area contributed by atoms with Gasteiger partial charge < -0.3 is 5.73 Å². The minimum absolute atomic E-state index is 0.331. The van der Waals surface area contributed by atoms with Gasteiger partial charge in [0.05, 0.1) is 0 Å². The molecule has 0 atom stereocenters. The highest BCUT2D eigenvalue weighted by Gasteiger charge is 2.28. The van der Waals surface area contributed by atoms with E-state index < -0.39 is 10.2 Å². The van der Waals surface area contributed by atoms with Crippen molar-refractivity contribution in [2.45, 2.75) is 26.2 Å². The molecule has 7 nitrogen and oxygen atoms in total. The van der Waals surface area contributed by atoms with Gasteiger partial charge in [0.2, 0.25) is 5.13 Å². The lowest BCUT2D eigenvalue weighted by Gasteiger charge is -2.30. The summed E-state index contributed by atoms with van der Waals surface area (Å²) in [4.78, 5) is 0. The molecule has 1 aliphatic heterocycles. The molecule has 2 heterocycles. The number of nitrogens with one attached hydrogen (secondary N) is 1. The van der Waals surface area contributed by atoms with Crippen LogP contribution in [-0.4, -0.2) is 42.6 Å². The first-order chi connectivity index (χ1) is 9.05. The third-order valence-electron chi connectivity index (χ3n) is 3.23. The van der Waals surface area contributed by atoms with E-state index in [1.165, 1.54) is 15.6 Å². The molecular weight excluding hydrogens is 286 g/mol. The van der Waals surface area contributed by atoms with Crippen molar-refractivity contribution in [1.29, 1.82) is 0 Å². The average Bonchev–Trinajstić information content (AvgIpc) is 2.85. The van der Waals surface area contributed by atoms with E-state index in [0.717, 1.165) is 24.3 Å². The summed E-state index contributed by atoms with van der Waals surface area (Å²) in [6.45, 7) is 3.60. The lowest BCUT2D eigenvalue weighted by atomic mass is 9.99. The van der Waals surface area contributed by atoms with Gasteiger partial charge in [-0.2, -0.15) is 12.7 Å². The number of anilines is 1. The van der Waals surface area contributed by atoms with Crippen LogP contribution in [0.4, 0.5) is 5.13 Å².